The molecule has 1 N–H and O–H groups in total. The minimum atomic E-state index is -0.718. The lowest BCUT2D eigenvalue weighted by Gasteiger charge is -2.24. The van der Waals surface area contributed by atoms with E-state index in [1.54, 1.807) is 4.90 Å². The number of hydrogen-bond acceptors (Lipinski definition) is 5. The number of fused-ring (bicyclic) bond motifs is 1. The average Bonchev–Trinajstić information content (AvgIpc) is 3.22. The van der Waals surface area contributed by atoms with Crippen LogP contribution < -0.4 is 5.32 Å². The van der Waals surface area contributed by atoms with Crippen LogP contribution in [0, 0.1) is 5.92 Å². The lowest BCUT2D eigenvalue weighted by Crippen LogP contribution is -2.49. The molecule has 0 saturated carbocycles. The van der Waals surface area contributed by atoms with E-state index in [1.165, 1.54) is 6.08 Å². The first-order valence-electron chi connectivity index (χ1n) is 8.34. The highest BCUT2D eigenvalue weighted by Crippen LogP contribution is 2.29. The van der Waals surface area contributed by atoms with Crippen molar-refractivity contribution in [3.05, 3.63) is 48.6 Å². The highest BCUT2D eigenvalue weighted by Gasteiger charge is 2.44. The van der Waals surface area contributed by atoms with Gasteiger partial charge in [0.15, 0.2) is 6.10 Å². The number of rotatable bonds is 6. The number of alkyl carbamates (subject to hydrolysis) is 1. The number of oxime groups is 1. The molecule has 3 atom stereocenters. The maximum absolute atomic E-state index is 13.0. The molecule has 2 amide bonds. The van der Waals surface area contributed by atoms with Gasteiger partial charge in [0.05, 0.1) is 12.5 Å². The number of ether oxygens (including phenoxy) is 1. The Balaban J connectivity index is 1.69. The average molecular weight is 422 g/mol. The summed E-state index contributed by atoms with van der Waals surface area (Å²) in [4.78, 5) is 32.0. The van der Waals surface area contributed by atoms with E-state index in [0.29, 0.717) is 19.5 Å². The molecule has 1 fully saturated rings. The maximum Gasteiger partial charge on any atom is 0.408 e. The van der Waals surface area contributed by atoms with Gasteiger partial charge in [0.25, 0.3) is 0 Å². The van der Waals surface area contributed by atoms with Gasteiger partial charge in [-0.2, -0.15) is 0 Å². The van der Waals surface area contributed by atoms with Gasteiger partial charge >= 0.3 is 6.09 Å². The zero-order valence-corrected chi connectivity index (χ0v) is 15.7. The summed E-state index contributed by atoms with van der Waals surface area (Å²) in [6, 6.07) is 8.82. The molecule has 2 heterocycles. The molecule has 1 saturated heterocycles. The first-order valence-corrected chi connectivity index (χ1v) is 9.14. The van der Waals surface area contributed by atoms with E-state index in [0.717, 1.165) is 10.2 Å². The van der Waals surface area contributed by atoms with Crippen LogP contribution in [0.25, 0.3) is 0 Å². The van der Waals surface area contributed by atoms with Crippen molar-refractivity contribution < 1.29 is 19.2 Å². The van der Waals surface area contributed by atoms with Crippen molar-refractivity contribution in [2.45, 2.75) is 18.6 Å². The maximum atomic E-state index is 13.0. The van der Waals surface area contributed by atoms with E-state index >= 15 is 0 Å². The van der Waals surface area contributed by atoms with Crippen LogP contribution in [0.4, 0.5) is 4.79 Å². The standard InChI is InChI=1S/C18H20BrN3O4/c1-2-8-25-18(24)20-14(9-12-6-4-3-5-7-12)17(23)22-10-13-15(11-22)26-21-16(13)19/h2-7,13-15H,1,8-11H2,(H,20,24)/t13?,14-,15?/m0/s1. The molecule has 3 rings (SSSR count). The van der Waals surface area contributed by atoms with Crippen LogP contribution in [0.5, 0.6) is 0 Å². The Hall–Kier alpha value is -2.35. The summed E-state index contributed by atoms with van der Waals surface area (Å²) in [5.41, 5.74) is 0.952. The second-order valence-corrected chi connectivity index (χ2v) is 6.99. The fraction of sp³-hybridized carbons (Fsp3) is 0.389. The molecule has 0 spiro atoms. The van der Waals surface area contributed by atoms with Crippen LogP contribution in [0.3, 0.4) is 0 Å². The topological polar surface area (TPSA) is 80.2 Å². The Kier molecular flexibility index (Phi) is 5.92. The summed E-state index contributed by atoms with van der Waals surface area (Å²) in [5, 5.41) is 6.58. The first kappa shape index (κ1) is 18.4. The quantitative estimate of drug-likeness (QED) is 0.712. The minimum absolute atomic E-state index is 0.0454. The Morgan fingerprint density at radius 2 is 2.19 bits per heavy atom. The number of carbonyl (C=O) groups excluding carboxylic acids is 2. The van der Waals surface area contributed by atoms with Crippen molar-refractivity contribution in [2.24, 2.45) is 11.1 Å². The summed E-state index contributed by atoms with van der Waals surface area (Å²) in [5.74, 6) is -0.119. The van der Waals surface area contributed by atoms with Gasteiger partial charge in [-0.15, -0.1) is 0 Å². The van der Waals surface area contributed by atoms with Gasteiger partial charge in [0.2, 0.25) is 5.91 Å². The molecular weight excluding hydrogens is 402 g/mol. The third-order valence-electron chi connectivity index (χ3n) is 4.36. The van der Waals surface area contributed by atoms with Crippen molar-refractivity contribution in [1.29, 1.82) is 0 Å². The number of amides is 2. The molecule has 1 aromatic rings. The lowest BCUT2D eigenvalue weighted by molar-refractivity contribution is -0.132. The molecule has 1 aromatic carbocycles. The van der Waals surface area contributed by atoms with E-state index in [4.69, 9.17) is 9.57 Å². The molecular formula is C18H20BrN3O4. The number of likely N-dealkylation sites (tertiary alicyclic amines) is 1. The van der Waals surface area contributed by atoms with E-state index in [-0.39, 0.29) is 24.5 Å². The van der Waals surface area contributed by atoms with E-state index in [9.17, 15) is 9.59 Å². The van der Waals surface area contributed by atoms with Crippen molar-refractivity contribution in [2.75, 3.05) is 19.7 Å². The Morgan fingerprint density at radius 1 is 1.42 bits per heavy atom. The Morgan fingerprint density at radius 3 is 2.88 bits per heavy atom. The van der Waals surface area contributed by atoms with Crippen LogP contribution in [-0.4, -0.2) is 53.4 Å². The van der Waals surface area contributed by atoms with Gasteiger partial charge in [-0.1, -0.05) is 48.1 Å². The van der Waals surface area contributed by atoms with Gasteiger partial charge in [0.1, 0.15) is 17.3 Å². The van der Waals surface area contributed by atoms with Crippen LogP contribution in [0.2, 0.25) is 0 Å². The van der Waals surface area contributed by atoms with Gasteiger partial charge in [0, 0.05) is 13.0 Å². The van der Waals surface area contributed by atoms with Gasteiger partial charge < -0.3 is 19.8 Å². The SMILES string of the molecule is C=CCOC(=O)N[C@@H](Cc1ccccc1)C(=O)N1CC2ON=C(Br)C2C1. The molecule has 0 bridgehead atoms. The summed E-state index contributed by atoms with van der Waals surface area (Å²) in [6.45, 7) is 4.54. The fourth-order valence-electron chi connectivity index (χ4n) is 3.06. The number of nitrogens with one attached hydrogen (secondary N) is 1. The summed E-state index contributed by atoms with van der Waals surface area (Å²) >= 11 is 3.37. The van der Waals surface area contributed by atoms with Crippen molar-refractivity contribution in [1.82, 2.24) is 10.2 Å². The molecule has 138 valence electrons. The van der Waals surface area contributed by atoms with Gasteiger partial charge in [-0.25, -0.2) is 4.79 Å². The molecule has 2 aliphatic heterocycles. The smallest absolute Gasteiger partial charge is 0.408 e. The molecule has 2 aliphatic rings. The molecule has 0 radical (unpaired) electrons. The van der Waals surface area contributed by atoms with Crippen molar-refractivity contribution in [3.63, 3.8) is 0 Å². The summed E-state index contributed by atoms with van der Waals surface area (Å²) < 4.78 is 5.69. The van der Waals surface area contributed by atoms with E-state index in [1.807, 2.05) is 30.3 Å². The Labute approximate surface area is 160 Å². The zero-order chi connectivity index (χ0) is 18.5. The normalized spacial score (nSPS) is 22.0. The molecule has 2 unspecified atom stereocenters. The van der Waals surface area contributed by atoms with Crippen molar-refractivity contribution in [3.8, 4) is 0 Å². The van der Waals surface area contributed by atoms with Crippen LogP contribution >= 0.6 is 15.9 Å². The second kappa shape index (κ2) is 8.35. The van der Waals surface area contributed by atoms with Crippen LogP contribution in [-0.2, 0) is 20.8 Å². The van der Waals surface area contributed by atoms with Gasteiger partial charge in [-0.05, 0) is 21.5 Å². The molecule has 7 nitrogen and oxygen atoms in total. The predicted molar refractivity (Wildman–Crippen MR) is 99.9 cm³/mol. The van der Waals surface area contributed by atoms with Gasteiger partial charge in [-0.3, -0.25) is 4.79 Å². The number of hydrogen-bond donors (Lipinski definition) is 1. The largest absolute Gasteiger partial charge is 0.445 e. The first-order chi connectivity index (χ1) is 12.6. The van der Waals surface area contributed by atoms with Crippen molar-refractivity contribution >= 4 is 32.6 Å². The lowest BCUT2D eigenvalue weighted by atomic mass is 10.0. The van der Waals surface area contributed by atoms with E-state index < -0.39 is 12.1 Å². The third kappa shape index (κ3) is 4.24. The summed E-state index contributed by atoms with van der Waals surface area (Å²) in [7, 11) is 0. The predicted octanol–water partition coefficient (Wildman–Crippen LogP) is 2.08. The number of halogens is 1. The molecule has 8 heteroatoms. The highest BCUT2D eigenvalue weighted by molar-refractivity contribution is 9.18. The summed E-state index contributed by atoms with van der Waals surface area (Å²) in [6.07, 6.45) is 1.07. The monoisotopic (exact) mass is 421 g/mol. The molecule has 26 heavy (non-hydrogen) atoms. The molecule has 0 aromatic heterocycles. The van der Waals surface area contributed by atoms with Crippen LogP contribution in [0.15, 0.2) is 48.1 Å². The van der Waals surface area contributed by atoms with Crippen LogP contribution in [0.1, 0.15) is 5.56 Å². The zero-order valence-electron chi connectivity index (χ0n) is 14.1. The number of carbonyl (C=O) groups is 2. The minimum Gasteiger partial charge on any atom is -0.445 e. The number of benzene rings is 1. The molecule has 0 aliphatic carbocycles. The third-order valence-corrected chi connectivity index (χ3v) is 5.10. The number of nitrogens with zero attached hydrogens (tertiary/aromatic N) is 2. The second-order valence-electron chi connectivity index (χ2n) is 6.18. The highest BCUT2D eigenvalue weighted by atomic mass is 79.9. The fourth-order valence-corrected chi connectivity index (χ4v) is 3.59. The van der Waals surface area contributed by atoms with E-state index in [2.05, 4.69) is 33.0 Å². The Bertz CT molecular complexity index is 710.